The van der Waals surface area contributed by atoms with Crippen LogP contribution < -0.4 is 10.6 Å². The van der Waals surface area contributed by atoms with E-state index in [0.717, 1.165) is 5.56 Å². The molecule has 0 bridgehead atoms. The fourth-order valence-corrected chi connectivity index (χ4v) is 2.12. The second kappa shape index (κ2) is 5.99. The van der Waals surface area contributed by atoms with Crippen molar-refractivity contribution in [3.8, 4) is 0 Å². The summed E-state index contributed by atoms with van der Waals surface area (Å²) in [6, 6.07) is 4.74. The highest BCUT2D eigenvalue weighted by atomic mass is 35.5. The molecule has 18 heavy (non-hydrogen) atoms. The van der Waals surface area contributed by atoms with Gasteiger partial charge in [-0.15, -0.1) is 10.2 Å². The van der Waals surface area contributed by atoms with Crippen LogP contribution >= 0.6 is 34.5 Å². The summed E-state index contributed by atoms with van der Waals surface area (Å²) in [6.07, 6.45) is 0. The number of carbonyl (C=O) groups excluding carboxylic acids is 1. The first-order chi connectivity index (χ1) is 8.65. The molecule has 0 radical (unpaired) electrons. The third kappa shape index (κ3) is 3.56. The molecule has 0 aliphatic rings. The first kappa shape index (κ1) is 13.1. The van der Waals surface area contributed by atoms with Crippen molar-refractivity contribution in [3.05, 3.63) is 39.3 Å². The Hall–Kier alpha value is -1.37. The van der Waals surface area contributed by atoms with Crippen LogP contribution in [0.25, 0.3) is 0 Å². The molecule has 2 amide bonds. The number of carbonyl (C=O) groups is 1. The number of nitrogens with zero attached hydrogens (tertiary/aromatic N) is 2. The number of hydrogen-bond donors (Lipinski definition) is 2. The second-order valence-electron chi connectivity index (χ2n) is 3.29. The van der Waals surface area contributed by atoms with Gasteiger partial charge < -0.3 is 5.32 Å². The summed E-state index contributed by atoms with van der Waals surface area (Å²) in [5, 5.41) is 14.0. The molecule has 2 aromatic rings. The quantitative estimate of drug-likeness (QED) is 0.915. The van der Waals surface area contributed by atoms with Crippen molar-refractivity contribution in [3.63, 3.8) is 0 Å². The number of aromatic nitrogens is 2. The maximum absolute atomic E-state index is 11.5. The molecule has 1 aromatic heterocycles. The molecule has 0 spiro atoms. The van der Waals surface area contributed by atoms with Crippen LogP contribution in [-0.4, -0.2) is 16.2 Å². The van der Waals surface area contributed by atoms with Gasteiger partial charge in [0.05, 0.1) is 0 Å². The van der Waals surface area contributed by atoms with Gasteiger partial charge in [-0.1, -0.05) is 40.6 Å². The largest absolute Gasteiger partial charge is 0.334 e. The third-order valence-electron chi connectivity index (χ3n) is 2.04. The number of amides is 2. The van der Waals surface area contributed by atoms with Crippen LogP contribution in [0.5, 0.6) is 0 Å². The van der Waals surface area contributed by atoms with E-state index in [1.54, 1.807) is 18.2 Å². The van der Waals surface area contributed by atoms with Gasteiger partial charge >= 0.3 is 6.03 Å². The number of benzene rings is 1. The smallest absolute Gasteiger partial charge is 0.321 e. The van der Waals surface area contributed by atoms with Gasteiger partial charge in [-0.3, -0.25) is 5.32 Å². The zero-order valence-corrected chi connectivity index (χ0v) is 11.3. The molecule has 1 heterocycles. The molecule has 0 saturated carbocycles. The van der Waals surface area contributed by atoms with Gasteiger partial charge in [-0.25, -0.2) is 4.79 Å². The van der Waals surface area contributed by atoms with Crippen LogP contribution in [0.1, 0.15) is 5.56 Å². The minimum atomic E-state index is -0.363. The lowest BCUT2D eigenvalue weighted by atomic mass is 10.2. The molecule has 2 N–H and O–H groups in total. The van der Waals surface area contributed by atoms with Crippen LogP contribution in [0.15, 0.2) is 23.7 Å². The van der Waals surface area contributed by atoms with Gasteiger partial charge in [0.2, 0.25) is 5.13 Å². The molecule has 0 aliphatic heterocycles. The molecular formula is C10H8Cl2N4OS. The van der Waals surface area contributed by atoms with E-state index in [9.17, 15) is 4.79 Å². The molecule has 8 heteroatoms. The van der Waals surface area contributed by atoms with Crippen molar-refractivity contribution < 1.29 is 4.79 Å². The van der Waals surface area contributed by atoms with E-state index >= 15 is 0 Å². The predicted molar refractivity (Wildman–Crippen MR) is 72.2 cm³/mol. The Morgan fingerprint density at radius 3 is 2.89 bits per heavy atom. The summed E-state index contributed by atoms with van der Waals surface area (Å²) in [4.78, 5) is 11.5. The highest BCUT2D eigenvalue weighted by molar-refractivity contribution is 7.13. The topological polar surface area (TPSA) is 66.9 Å². The summed E-state index contributed by atoms with van der Waals surface area (Å²) in [5.41, 5.74) is 2.32. The molecule has 0 atom stereocenters. The minimum Gasteiger partial charge on any atom is -0.334 e. The third-order valence-corrected chi connectivity index (χ3v) is 3.23. The molecule has 94 valence electrons. The molecule has 1 aromatic carbocycles. The number of halogens is 2. The van der Waals surface area contributed by atoms with Crippen molar-refractivity contribution >= 4 is 45.7 Å². The van der Waals surface area contributed by atoms with Gasteiger partial charge in [-0.2, -0.15) is 0 Å². The summed E-state index contributed by atoms with van der Waals surface area (Å²) < 4.78 is 0. The van der Waals surface area contributed by atoms with Gasteiger partial charge in [0.25, 0.3) is 0 Å². The monoisotopic (exact) mass is 302 g/mol. The van der Waals surface area contributed by atoms with E-state index in [4.69, 9.17) is 23.2 Å². The lowest BCUT2D eigenvalue weighted by Crippen LogP contribution is -2.28. The molecule has 0 saturated heterocycles. The van der Waals surface area contributed by atoms with E-state index < -0.39 is 0 Å². The number of anilines is 1. The molecule has 0 aliphatic carbocycles. The van der Waals surface area contributed by atoms with E-state index in [1.807, 2.05) is 0 Å². The molecule has 0 fully saturated rings. The lowest BCUT2D eigenvalue weighted by molar-refractivity contribution is 0.251. The maximum atomic E-state index is 11.5. The summed E-state index contributed by atoms with van der Waals surface area (Å²) >= 11 is 13.0. The van der Waals surface area contributed by atoms with Crippen LogP contribution in [0.4, 0.5) is 9.93 Å². The van der Waals surface area contributed by atoms with Crippen molar-refractivity contribution in [2.75, 3.05) is 5.32 Å². The average Bonchev–Trinajstić information content (AvgIpc) is 2.80. The van der Waals surface area contributed by atoms with E-state index in [0.29, 0.717) is 21.7 Å². The van der Waals surface area contributed by atoms with Crippen LogP contribution in [0, 0.1) is 0 Å². The Bertz CT molecular complexity index is 547. The zero-order valence-electron chi connectivity index (χ0n) is 8.98. The van der Waals surface area contributed by atoms with Crippen molar-refractivity contribution in [1.82, 2.24) is 15.5 Å². The Morgan fingerprint density at radius 1 is 1.39 bits per heavy atom. The van der Waals surface area contributed by atoms with E-state index in [-0.39, 0.29) is 6.03 Å². The Morgan fingerprint density at radius 2 is 2.22 bits per heavy atom. The van der Waals surface area contributed by atoms with Gasteiger partial charge in [0.15, 0.2) is 0 Å². The zero-order chi connectivity index (χ0) is 13.0. The Labute approximate surface area is 117 Å². The van der Waals surface area contributed by atoms with Crippen molar-refractivity contribution in [1.29, 1.82) is 0 Å². The molecule has 5 nitrogen and oxygen atoms in total. The van der Waals surface area contributed by atoms with Crippen molar-refractivity contribution in [2.24, 2.45) is 0 Å². The number of nitrogens with one attached hydrogen (secondary N) is 2. The van der Waals surface area contributed by atoms with Crippen LogP contribution in [0.3, 0.4) is 0 Å². The normalized spacial score (nSPS) is 10.1. The van der Waals surface area contributed by atoms with Gasteiger partial charge in [0, 0.05) is 16.6 Å². The summed E-state index contributed by atoms with van der Waals surface area (Å²) in [6.45, 7) is 0.306. The maximum Gasteiger partial charge on any atom is 0.321 e. The summed E-state index contributed by atoms with van der Waals surface area (Å²) in [5.74, 6) is 0. The number of hydrogen-bond acceptors (Lipinski definition) is 4. The fraction of sp³-hybridized carbons (Fsp3) is 0.100. The minimum absolute atomic E-state index is 0.306. The Balaban J connectivity index is 1.89. The highest BCUT2D eigenvalue weighted by Gasteiger charge is 2.06. The van der Waals surface area contributed by atoms with Crippen LogP contribution in [-0.2, 0) is 6.54 Å². The Kier molecular flexibility index (Phi) is 4.35. The van der Waals surface area contributed by atoms with Crippen molar-refractivity contribution in [2.45, 2.75) is 6.54 Å². The standard InChI is InChI=1S/C10H8Cl2N4OS/c11-7-2-1-6(8(12)3-7)4-13-9(17)15-10-16-14-5-18-10/h1-3,5H,4H2,(H2,13,15,16,17). The number of urea groups is 1. The average molecular weight is 303 g/mol. The molecular weight excluding hydrogens is 295 g/mol. The number of rotatable bonds is 3. The van der Waals surface area contributed by atoms with E-state index in [2.05, 4.69) is 20.8 Å². The highest BCUT2D eigenvalue weighted by Crippen LogP contribution is 2.20. The first-order valence-corrected chi connectivity index (χ1v) is 6.53. The van der Waals surface area contributed by atoms with E-state index in [1.165, 1.54) is 16.8 Å². The molecule has 2 rings (SSSR count). The van der Waals surface area contributed by atoms with Gasteiger partial charge in [0.1, 0.15) is 5.51 Å². The SMILES string of the molecule is O=C(NCc1ccc(Cl)cc1Cl)Nc1nncs1. The second-order valence-corrected chi connectivity index (χ2v) is 4.96. The summed E-state index contributed by atoms with van der Waals surface area (Å²) in [7, 11) is 0. The lowest BCUT2D eigenvalue weighted by Gasteiger charge is -2.07. The predicted octanol–water partition coefficient (Wildman–Crippen LogP) is 3.17. The van der Waals surface area contributed by atoms with Gasteiger partial charge in [-0.05, 0) is 17.7 Å². The molecule has 0 unspecified atom stereocenters. The first-order valence-electron chi connectivity index (χ1n) is 4.90. The fourth-order valence-electron chi connectivity index (χ4n) is 1.21. The van der Waals surface area contributed by atoms with Crippen LogP contribution in [0.2, 0.25) is 10.0 Å².